The molecule has 14 heavy (non-hydrogen) atoms. The number of alkyl halides is 3. The van der Waals surface area contributed by atoms with Gasteiger partial charge in [-0.2, -0.15) is 13.2 Å². The van der Waals surface area contributed by atoms with Gasteiger partial charge in [-0.1, -0.05) is 12.1 Å². The van der Waals surface area contributed by atoms with Gasteiger partial charge in [0.05, 0.1) is 6.61 Å². The minimum Gasteiger partial charge on any atom is -0.399 e. The minimum absolute atomic E-state index is 0.0788. The van der Waals surface area contributed by atoms with Gasteiger partial charge < -0.3 is 10.5 Å². The highest BCUT2D eigenvalue weighted by Gasteiger charge is 2.27. The minimum atomic E-state index is -4.28. The van der Waals surface area contributed by atoms with Crippen molar-refractivity contribution < 1.29 is 17.9 Å². The van der Waals surface area contributed by atoms with E-state index in [9.17, 15) is 13.2 Å². The van der Waals surface area contributed by atoms with Crippen LogP contribution < -0.4 is 5.73 Å². The number of benzene rings is 1. The Morgan fingerprint density at radius 1 is 1.29 bits per heavy atom. The van der Waals surface area contributed by atoms with E-state index in [1.807, 2.05) is 0 Å². The average molecular weight is 205 g/mol. The second-order valence-electron chi connectivity index (χ2n) is 2.85. The molecule has 78 valence electrons. The number of nitrogens with two attached hydrogens (primary N) is 1. The Labute approximate surface area is 79.5 Å². The van der Waals surface area contributed by atoms with Gasteiger partial charge in [0.1, 0.15) is 6.61 Å². The van der Waals surface area contributed by atoms with Crippen molar-refractivity contribution in [2.24, 2.45) is 0 Å². The highest BCUT2D eigenvalue weighted by Crippen LogP contribution is 2.16. The van der Waals surface area contributed by atoms with Gasteiger partial charge in [0.25, 0.3) is 0 Å². The van der Waals surface area contributed by atoms with Crippen LogP contribution >= 0.6 is 0 Å². The van der Waals surface area contributed by atoms with Crippen LogP contribution in [0.1, 0.15) is 5.56 Å². The summed E-state index contributed by atoms with van der Waals surface area (Å²) >= 11 is 0. The Balaban J connectivity index is 2.39. The predicted octanol–water partition coefficient (Wildman–Crippen LogP) is 2.35. The third-order valence-corrected chi connectivity index (χ3v) is 1.49. The summed E-state index contributed by atoms with van der Waals surface area (Å²) in [6.07, 6.45) is -4.28. The van der Waals surface area contributed by atoms with Crippen LogP contribution in [0.5, 0.6) is 0 Å². The first-order chi connectivity index (χ1) is 6.47. The van der Waals surface area contributed by atoms with Crippen molar-refractivity contribution in [3.8, 4) is 0 Å². The van der Waals surface area contributed by atoms with Gasteiger partial charge in [-0.3, -0.25) is 0 Å². The molecule has 0 spiro atoms. The summed E-state index contributed by atoms with van der Waals surface area (Å²) in [5.74, 6) is 0. The molecule has 2 nitrogen and oxygen atoms in total. The van der Waals surface area contributed by atoms with Crippen LogP contribution in [0.4, 0.5) is 18.9 Å². The van der Waals surface area contributed by atoms with Crippen LogP contribution in [0.15, 0.2) is 24.3 Å². The fourth-order valence-corrected chi connectivity index (χ4v) is 0.968. The maximum absolute atomic E-state index is 11.7. The molecule has 0 fully saturated rings. The predicted molar refractivity (Wildman–Crippen MR) is 46.6 cm³/mol. The summed E-state index contributed by atoms with van der Waals surface area (Å²) in [6, 6.07) is 6.57. The average Bonchev–Trinajstić information content (AvgIpc) is 2.01. The molecule has 0 aliphatic heterocycles. The van der Waals surface area contributed by atoms with E-state index in [2.05, 4.69) is 4.74 Å². The normalized spacial score (nSPS) is 11.6. The molecule has 0 unspecified atom stereocenters. The molecule has 0 heterocycles. The molecule has 0 aliphatic rings. The van der Waals surface area contributed by atoms with E-state index in [0.717, 1.165) is 0 Å². The molecule has 0 bridgehead atoms. The Kier molecular flexibility index (Phi) is 3.35. The standard InChI is InChI=1S/C9H10F3NO/c10-9(11,12)6-14-5-7-2-1-3-8(13)4-7/h1-4H,5-6,13H2. The molecule has 0 aromatic heterocycles. The monoisotopic (exact) mass is 205 g/mol. The number of anilines is 1. The van der Waals surface area contributed by atoms with Crippen LogP contribution in [-0.2, 0) is 11.3 Å². The summed E-state index contributed by atoms with van der Waals surface area (Å²) in [5.41, 5.74) is 6.58. The molecule has 5 heteroatoms. The van der Waals surface area contributed by atoms with Gasteiger partial charge in [-0.25, -0.2) is 0 Å². The quantitative estimate of drug-likeness (QED) is 0.768. The van der Waals surface area contributed by atoms with Crippen molar-refractivity contribution in [1.82, 2.24) is 0 Å². The number of hydrogen-bond donors (Lipinski definition) is 1. The van der Waals surface area contributed by atoms with E-state index >= 15 is 0 Å². The lowest BCUT2D eigenvalue weighted by Gasteiger charge is -2.07. The first kappa shape index (κ1) is 10.8. The lowest BCUT2D eigenvalue weighted by atomic mass is 10.2. The number of ether oxygens (including phenoxy) is 1. The Bertz CT molecular complexity index is 298. The summed E-state index contributed by atoms with van der Waals surface area (Å²) in [4.78, 5) is 0. The molecule has 0 aliphatic carbocycles. The van der Waals surface area contributed by atoms with E-state index in [1.165, 1.54) is 0 Å². The fraction of sp³-hybridized carbons (Fsp3) is 0.333. The second-order valence-corrected chi connectivity index (χ2v) is 2.85. The first-order valence-corrected chi connectivity index (χ1v) is 3.96. The van der Waals surface area contributed by atoms with Crippen molar-refractivity contribution in [2.75, 3.05) is 12.3 Å². The molecule has 0 radical (unpaired) electrons. The molecular weight excluding hydrogens is 195 g/mol. The number of hydrogen-bond acceptors (Lipinski definition) is 2. The van der Waals surface area contributed by atoms with Crippen molar-refractivity contribution in [2.45, 2.75) is 12.8 Å². The largest absolute Gasteiger partial charge is 0.411 e. The van der Waals surface area contributed by atoms with Crippen molar-refractivity contribution in [1.29, 1.82) is 0 Å². The van der Waals surface area contributed by atoms with Gasteiger partial charge in [-0.05, 0) is 17.7 Å². The summed E-state index contributed by atoms with van der Waals surface area (Å²) in [6.45, 7) is -1.31. The van der Waals surface area contributed by atoms with Crippen LogP contribution in [0, 0.1) is 0 Å². The van der Waals surface area contributed by atoms with Crippen LogP contribution in [-0.4, -0.2) is 12.8 Å². The zero-order chi connectivity index (χ0) is 10.6. The lowest BCUT2D eigenvalue weighted by Crippen LogP contribution is -2.16. The highest BCUT2D eigenvalue weighted by atomic mass is 19.4. The van der Waals surface area contributed by atoms with Crippen LogP contribution in [0.2, 0.25) is 0 Å². The maximum atomic E-state index is 11.7. The number of nitrogen functional groups attached to an aromatic ring is 1. The Hall–Kier alpha value is -1.23. The third kappa shape index (κ3) is 4.13. The molecule has 1 aromatic rings. The van der Waals surface area contributed by atoms with E-state index < -0.39 is 12.8 Å². The maximum Gasteiger partial charge on any atom is 0.411 e. The van der Waals surface area contributed by atoms with E-state index in [-0.39, 0.29) is 6.61 Å². The molecule has 0 amide bonds. The fourth-order valence-electron chi connectivity index (χ4n) is 0.968. The number of rotatable bonds is 3. The van der Waals surface area contributed by atoms with E-state index in [4.69, 9.17) is 5.73 Å². The molecular formula is C9H10F3NO. The van der Waals surface area contributed by atoms with Gasteiger partial charge in [0, 0.05) is 5.69 Å². The Morgan fingerprint density at radius 3 is 2.57 bits per heavy atom. The summed E-state index contributed by atoms with van der Waals surface area (Å²) in [7, 11) is 0. The molecule has 1 aromatic carbocycles. The van der Waals surface area contributed by atoms with Crippen molar-refractivity contribution >= 4 is 5.69 Å². The van der Waals surface area contributed by atoms with E-state index in [0.29, 0.717) is 11.3 Å². The van der Waals surface area contributed by atoms with Gasteiger partial charge in [0.15, 0.2) is 0 Å². The van der Waals surface area contributed by atoms with Crippen molar-refractivity contribution in [3.05, 3.63) is 29.8 Å². The summed E-state index contributed by atoms with van der Waals surface area (Å²) in [5, 5.41) is 0. The van der Waals surface area contributed by atoms with E-state index in [1.54, 1.807) is 24.3 Å². The SMILES string of the molecule is Nc1cccc(COCC(F)(F)F)c1. The van der Waals surface area contributed by atoms with Crippen molar-refractivity contribution in [3.63, 3.8) is 0 Å². The third-order valence-electron chi connectivity index (χ3n) is 1.49. The first-order valence-electron chi connectivity index (χ1n) is 3.96. The van der Waals surface area contributed by atoms with Gasteiger partial charge in [-0.15, -0.1) is 0 Å². The van der Waals surface area contributed by atoms with Crippen LogP contribution in [0.25, 0.3) is 0 Å². The molecule has 0 saturated carbocycles. The zero-order valence-corrected chi connectivity index (χ0v) is 7.34. The molecule has 1 rings (SSSR count). The van der Waals surface area contributed by atoms with Gasteiger partial charge in [0.2, 0.25) is 0 Å². The second kappa shape index (κ2) is 4.32. The Morgan fingerprint density at radius 2 is 2.00 bits per heavy atom. The topological polar surface area (TPSA) is 35.2 Å². The molecule has 2 N–H and O–H groups in total. The summed E-state index contributed by atoms with van der Waals surface area (Å²) < 4.78 is 39.5. The molecule has 0 saturated heterocycles. The zero-order valence-electron chi connectivity index (χ0n) is 7.34. The lowest BCUT2D eigenvalue weighted by molar-refractivity contribution is -0.176. The number of halogens is 3. The highest BCUT2D eigenvalue weighted by molar-refractivity contribution is 5.40. The molecule has 0 atom stereocenters. The van der Waals surface area contributed by atoms with Gasteiger partial charge >= 0.3 is 6.18 Å². The van der Waals surface area contributed by atoms with Crippen LogP contribution in [0.3, 0.4) is 0 Å². The smallest absolute Gasteiger partial charge is 0.399 e.